The molecular weight excluding hydrogens is 590 g/mol. The average Bonchev–Trinajstić information content (AvgIpc) is 3.48. The molecule has 0 bridgehead atoms. The number of nitrogens with one attached hydrogen (secondary N) is 2. The van der Waals surface area contributed by atoms with E-state index in [9.17, 15) is 19.2 Å². The maximum absolute atomic E-state index is 14.2. The molecule has 0 spiro atoms. The molecule has 3 rings (SSSR count). The Bertz CT molecular complexity index is 1250. The number of rotatable bonds is 12. The van der Waals surface area contributed by atoms with Crippen LogP contribution in [0, 0.1) is 11.3 Å². The van der Waals surface area contributed by atoms with E-state index in [2.05, 4.69) is 29.4 Å². The van der Waals surface area contributed by atoms with Gasteiger partial charge in [-0.3, -0.25) is 24.1 Å². The van der Waals surface area contributed by atoms with E-state index in [1.165, 1.54) is 0 Å². The van der Waals surface area contributed by atoms with Gasteiger partial charge in [0.2, 0.25) is 23.6 Å². The third kappa shape index (κ3) is 10.1. The second kappa shape index (κ2) is 16.8. The molecule has 262 valence electrons. The summed E-state index contributed by atoms with van der Waals surface area (Å²) in [6.45, 7) is 19.5. The van der Waals surface area contributed by atoms with Crippen LogP contribution in [0.1, 0.15) is 112 Å². The fraction of sp³-hybridized carbons (Fsp3) is 0.684. The smallest absolute Gasteiger partial charge is 0.249 e. The molecule has 2 saturated heterocycles. The first-order valence-corrected chi connectivity index (χ1v) is 17.7. The van der Waals surface area contributed by atoms with Gasteiger partial charge in [-0.25, -0.2) is 0 Å². The molecule has 2 N–H and O–H groups in total. The second-order valence-corrected chi connectivity index (χ2v) is 15.4. The topological polar surface area (TPSA) is 102 Å². The largest absolute Gasteiger partial charge is 0.350 e. The standard InChI is InChI=1S/C38H61N5O4/c1-25(2)32(41(10)37(47)34(38(7,8)9)40-35(45)31-20-14-15-21-42(31)26(3)4)23-27(5)36(46)43-22-16-19-30(43)24-33(44)39-28(6)29-17-12-11-13-18-29/h11-13,17-18,23,25-26,28,30-32,34H,14-16,19-22,24H2,1-10H3,(H,39,44)(H,40,45)/b27-23+/t28-,30+,31?,32-,34?/m1/s1. The molecule has 1 aromatic carbocycles. The minimum atomic E-state index is -0.721. The summed E-state index contributed by atoms with van der Waals surface area (Å²) in [6.07, 6.45) is 6.63. The van der Waals surface area contributed by atoms with Gasteiger partial charge in [0.25, 0.3) is 0 Å². The highest BCUT2D eigenvalue weighted by Crippen LogP contribution is 2.27. The highest BCUT2D eigenvalue weighted by molar-refractivity contribution is 5.94. The molecular formula is C38H61N5O4. The van der Waals surface area contributed by atoms with Gasteiger partial charge in [0.15, 0.2) is 0 Å². The Morgan fingerprint density at radius 2 is 1.60 bits per heavy atom. The number of piperidine rings is 1. The lowest BCUT2D eigenvalue weighted by atomic mass is 9.84. The van der Waals surface area contributed by atoms with Crippen molar-refractivity contribution >= 4 is 23.6 Å². The highest BCUT2D eigenvalue weighted by Gasteiger charge is 2.40. The predicted octanol–water partition coefficient (Wildman–Crippen LogP) is 5.47. The number of carbonyl (C=O) groups excluding carboxylic acids is 4. The zero-order valence-corrected chi connectivity index (χ0v) is 30.6. The minimum Gasteiger partial charge on any atom is -0.350 e. The molecule has 0 saturated carbocycles. The van der Waals surface area contributed by atoms with Crippen molar-refractivity contribution < 1.29 is 19.2 Å². The Morgan fingerprint density at radius 1 is 0.936 bits per heavy atom. The Hall–Kier alpha value is -3.20. The van der Waals surface area contributed by atoms with Gasteiger partial charge < -0.3 is 20.4 Å². The van der Waals surface area contributed by atoms with Crippen LogP contribution in [0.15, 0.2) is 42.0 Å². The summed E-state index contributed by atoms with van der Waals surface area (Å²) >= 11 is 0. The van der Waals surface area contributed by atoms with Crippen molar-refractivity contribution in [2.75, 3.05) is 20.1 Å². The number of nitrogens with zero attached hydrogens (tertiary/aromatic N) is 3. The maximum Gasteiger partial charge on any atom is 0.249 e. The van der Waals surface area contributed by atoms with Gasteiger partial charge in [-0.05, 0) is 76.8 Å². The van der Waals surface area contributed by atoms with Crippen molar-refractivity contribution in [3.8, 4) is 0 Å². The summed E-state index contributed by atoms with van der Waals surface area (Å²) in [7, 11) is 1.77. The van der Waals surface area contributed by atoms with E-state index in [-0.39, 0.29) is 66.2 Å². The first-order chi connectivity index (χ1) is 22.0. The van der Waals surface area contributed by atoms with Crippen molar-refractivity contribution in [3.63, 3.8) is 0 Å². The molecule has 47 heavy (non-hydrogen) atoms. The first kappa shape index (κ1) is 38.2. The van der Waals surface area contributed by atoms with E-state index < -0.39 is 11.5 Å². The van der Waals surface area contributed by atoms with E-state index in [1.807, 2.05) is 82.9 Å². The minimum absolute atomic E-state index is 0.0254. The van der Waals surface area contributed by atoms with E-state index >= 15 is 0 Å². The lowest BCUT2D eigenvalue weighted by Crippen LogP contribution is -2.60. The number of hydrogen-bond acceptors (Lipinski definition) is 5. The van der Waals surface area contributed by atoms with Crippen LogP contribution in [0.5, 0.6) is 0 Å². The van der Waals surface area contributed by atoms with Crippen LogP contribution in [-0.2, 0) is 19.2 Å². The number of amides is 4. The number of likely N-dealkylation sites (tertiary alicyclic amines) is 2. The summed E-state index contributed by atoms with van der Waals surface area (Å²) in [6, 6.07) is 8.48. The van der Waals surface area contributed by atoms with Gasteiger partial charge >= 0.3 is 0 Å². The van der Waals surface area contributed by atoms with Gasteiger partial charge in [-0.15, -0.1) is 0 Å². The van der Waals surface area contributed by atoms with Crippen LogP contribution in [0.2, 0.25) is 0 Å². The van der Waals surface area contributed by atoms with Crippen LogP contribution in [0.3, 0.4) is 0 Å². The molecule has 2 aliphatic heterocycles. The summed E-state index contributed by atoms with van der Waals surface area (Å²) in [5.74, 6) is -0.410. The van der Waals surface area contributed by atoms with Crippen LogP contribution < -0.4 is 10.6 Å². The molecule has 1 aromatic rings. The SMILES string of the molecule is C/C(=C\[C@H](C(C)C)N(C)C(=O)C(NC(=O)C1CCCCN1C(C)C)C(C)(C)C)C(=O)N1CCC[C@H]1CC(=O)N[C@H](C)c1ccccc1. The average molecular weight is 652 g/mol. The summed E-state index contributed by atoms with van der Waals surface area (Å²) < 4.78 is 0. The Morgan fingerprint density at radius 3 is 2.19 bits per heavy atom. The van der Waals surface area contributed by atoms with E-state index in [4.69, 9.17) is 0 Å². The summed E-state index contributed by atoms with van der Waals surface area (Å²) in [5, 5.41) is 6.23. The lowest BCUT2D eigenvalue weighted by molar-refractivity contribution is -0.142. The predicted molar refractivity (Wildman–Crippen MR) is 188 cm³/mol. The molecule has 2 fully saturated rings. The number of benzene rings is 1. The van der Waals surface area contributed by atoms with Crippen molar-refractivity contribution in [2.24, 2.45) is 11.3 Å². The van der Waals surface area contributed by atoms with Gasteiger partial charge in [0, 0.05) is 37.7 Å². The van der Waals surface area contributed by atoms with Crippen molar-refractivity contribution in [2.45, 2.75) is 137 Å². The quantitative estimate of drug-likeness (QED) is 0.292. The maximum atomic E-state index is 14.2. The van der Waals surface area contributed by atoms with E-state index in [0.717, 1.165) is 44.2 Å². The Balaban J connectivity index is 1.72. The van der Waals surface area contributed by atoms with Crippen molar-refractivity contribution in [1.29, 1.82) is 0 Å². The third-order valence-electron chi connectivity index (χ3n) is 9.88. The van der Waals surface area contributed by atoms with Crippen molar-refractivity contribution in [1.82, 2.24) is 25.3 Å². The summed E-state index contributed by atoms with van der Waals surface area (Å²) in [5.41, 5.74) is 1.08. The molecule has 9 nitrogen and oxygen atoms in total. The molecule has 2 heterocycles. The lowest BCUT2D eigenvalue weighted by Gasteiger charge is -2.41. The zero-order chi connectivity index (χ0) is 35.1. The highest BCUT2D eigenvalue weighted by atomic mass is 16.2. The molecule has 9 heteroatoms. The number of carbonyl (C=O) groups is 4. The molecule has 0 aliphatic carbocycles. The van der Waals surface area contributed by atoms with Crippen LogP contribution >= 0.6 is 0 Å². The number of likely N-dealkylation sites (N-methyl/N-ethyl adjacent to an activating group) is 1. The third-order valence-corrected chi connectivity index (χ3v) is 9.88. The molecule has 0 aromatic heterocycles. The molecule has 0 radical (unpaired) electrons. The number of hydrogen-bond donors (Lipinski definition) is 2. The normalized spacial score (nSPS) is 21.4. The molecule has 2 unspecified atom stereocenters. The van der Waals surface area contributed by atoms with Gasteiger partial charge in [0.05, 0.1) is 18.1 Å². The van der Waals surface area contributed by atoms with E-state index in [0.29, 0.717) is 12.1 Å². The monoisotopic (exact) mass is 651 g/mol. The Kier molecular flexibility index (Phi) is 13.6. The van der Waals surface area contributed by atoms with Crippen LogP contribution in [-0.4, -0.2) is 88.7 Å². The first-order valence-electron chi connectivity index (χ1n) is 17.7. The van der Waals surface area contributed by atoms with Crippen LogP contribution in [0.25, 0.3) is 0 Å². The fourth-order valence-corrected chi connectivity index (χ4v) is 7.05. The van der Waals surface area contributed by atoms with Gasteiger partial charge in [-0.2, -0.15) is 0 Å². The van der Waals surface area contributed by atoms with Gasteiger partial charge in [0.1, 0.15) is 6.04 Å². The Labute approximate surface area is 283 Å². The molecule has 5 atom stereocenters. The second-order valence-electron chi connectivity index (χ2n) is 15.4. The summed E-state index contributed by atoms with van der Waals surface area (Å²) in [4.78, 5) is 60.3. The zero-order valence-electron chi connectivity index (χ0n) is 30.6. The molecule has 2 aliphatic rings. The fourth-order valence-electron chi connectivity index (χ4n) is 7.05. The van der Waals surface area contributed by atoms with Gasteiger partial charge in [-0.1, -0.05) is 77.4 Å². The molecule has 4 amide bonds. The van der Waals surface area contributed by atoms with Crippen molar-refractivity contribution in [3.05, 3.63) is 47.5 Å². The van der Waals surface area contributed by atoms with E-state index in [1.54, 1.807) is 18.9 Å². The van der Waals surface area contributed by atoms with Crippen LogP contribution in [0.4, 0.5) is 0 Å².